The fourth-order valence-corrected chi connectivity index (χ4v) is 5.53. The number of hydrogen-bond donors (Lipinski definition) is 1. The highest BCUT2D eigenvalue weighted by atomic mass is 28.4. The Kier molecular flexibility index (Phi) is 6.77. The summed E-state index contributed by atoms with van der Waals surface area (Å²) in [6.07, 6.45) is 0.286. The van der Waals surface area contributed by atoms with E-state index in [-0.39, 0.29) is 18.1 Å². The molecule has 1 aliphatic rings. The van der Waals surface area contributed by atoms with Crippen LogP contribution in [0.25, 0.3) is 0 Å². The van der Waals surface area contributed by atoms with Crippen LogP contribution in [0.5, 0.6) is 0 Å². The number of aryl methyl sites for hydroxylation is 1. The molecule has 0 amide bonds. The van der Waals surface area contributed by atoms with Crippen molar-refractivity contribution in [1.82, 2.24) is 9.55 Å². The van der Waals surface area contributed by atoms with Gasteiger partial charge in [-0.25, -0.2) is 4.79 Å². The maximum atomic E-state index is 12.4. The third-order valence-electron chi connectivity index (χ3n) is 5.85. The molecular formula is C20H35N3O5Si2. The standard InChI is InChI=1S/C20H35N3O5Si2/c1-14-11-23(18(25)22-17(14)24)16-10-20(13-21,28-29(5,6)7)15(27-16)12-26-30(8,9)19(2,3)4/h11,15-16H,10,12H2,1-9H3,(H,22,24,25)/t15-,16-,20-/m1/s1. The predicted molar refractivity (Wildman–Crippen MR) is 121 cm³/mol. The van der Waals surface area contributed by atoms with Gasteiger partial charge in [0.2, 0.25) is 0 Å². The molecule has 3 atom stereocenters. The Balaban J connectivity index is 2.42. The SMILES string of the molecule is Cc1cn([C@H]2C[C@](C#N)(O[Si](C)(C)C)[C@@H](CO[Si](C)(C)C(C)(C)C)O2)c(=O)[nH]c1=O. The molecule has 0 saturated carbocycles. The van der Waals surface area contributed by atoms with Crippen LogP contribution in [0.1, 0.15) is 39.0 Å². The maximum absolute atomic E-state index is 12.4. The third kappa shape index (κ3) is 5.20. The highest BCUT2D eigenvalue weighted by molar-refractivity contribution is 6.74. The van der Waals surface area contributed by atoms with E-state index in [4.69, 9.17) is 13.6 Å². The molecule has 1 saturated heterocycles. The van der Waals surface area contributed by atoms with Gasteiger partial charge >= 0.3 is 5.69 Å². The second-order valence-corrected chi connectivity index (χ2v) is 19.8. The van der Waals surface area contributed by atoms with Gasteiger partial charge in [-0.1, -0.05) is 20.8 Å². The molecule has 1 fully saturated rings. The molecule has 1 aromatic rings. The number of hydrogen-bond acceptors (Lipinski definition) is 6. The number of aromatic nitrogens is 2. The van der Waals surface area contributed by atoms with Crippen molar-refractivity contribution < 1.29 is 13.6 Å². The van der Waals surface area contributed by atoms with Gasteiger partial charge < -0.3 is 13.6 Å². The molecule has 2 rings (SSSR count). The van der Waals surface area contributed by atoms with Crippen molar-refractivity contribution in [2.24, 2.45) is 0 Å². The zero-order chi connectivity index (χ0) is 23.1. The second kappa shape index (κ2) is 8.20. The summed E-state index contributed by atoms with van der Waals surface area (Å²) >= 11 is 0. The largest absolute Gasteiger partial charge is 0.414 e. The van der Waals surface area contributed by atoms with E-state index in [1.165, 1.54) is 10.8 Å². The van der Waals surface area contributed by atoms with Crippen molar-refractivity contribution in [3.63, 3.8) is 0 Å². The molecule has 1 aliphatic heterocycles. The van der Waals surface area contributed by atoms with Gasteiger partial charge in [0, 0.05) is 18.2 Å². The fourth-order valence-electron chi connectivity index (χ4n) is 3.17. The molecule has 10 heteroatoms. The molecule has 8 nitrogen and oxygen atoms in total. The Bertz CT molecular complexity index is 936. The summed E-state index contributed by atoms with van der Waals surface area (Å²) in [5, 5.41) is 10.2. The van der Waals surface area contributed by atoms with Gasteiger partial charge in [-0.05, 0) is 44.7 Å². The molecule has 0 unspecified atom stereocenters. The molecule has 30 heavy (non-hydrogen) atoms. The number of rotatable bonds is 6. The van der Waals surface area contributed by atoms with Gasteiger partial charge in [0.1, 0.15) is 12.3 Å². The lowest BCUT2D eigenvalue weighted by molar-refractivity contribution is -0.0555. The zero-order valence-electron chi connectivity index (χ0n) is 19.6. The Morgan fingerprint density at radius 2 is 1.90 bits per heavy atom. The molecule has 0 spiro atoms. The number of H-pyrrole nitrogens is 1. The van der Waals surface area contributed by atoms with Crippen molar-refractivity contribution in [1.29, 1.82) is 5.26 Å². The molecule has 0 aliphatic carbocycles. The van der Waals surface area contributed by atoms with E-state index in [9.17, 15) is 14.9 Å². The quantitative estimate of drug-likeness (QED) is 0.663. The van der Waals surface area contributed by atoms with Gasteiger partial charge in [0.15, 0.2) is 22.2 Å². The molecule has 1 N–H and O–H groups in total. The van der Waals surface area contributed by atoms with E-state index >= 15 is 0 Å². The van der Waals surface area contributed by atoms with E-state index in [0.29, 0.717) is 5.56 Å². The number of nitriles is 1. The Hall–Kier alpha value is -1.52. The first-order valence-corrected chi connectivity index (χ1v) is 16.6. The Morgan fingerprint density at radius 3 is 2.40 bits per heavy atom. The summed E-state index contributed by atoms with van der Waals surface area (Å²) in [6, 6.07) is 2.34. The monoisotopic (exact) mass is 453 g/mol. The third-order valence-corrected chi connectivity index (χ3v) is 11.3. The van der Waals surface area contributed by atoms with Crippen molar-refractivity contribution in [2.45, 2.75) is 89.8 Å². The van der Waals surface area contributed by atoms with Gasteiger partial charge in [-0.2, -0.15) is 5.26 Å². The van der Waals surface area contributed by atoms with Crippen LogP contribution in [-0.4, -0.2) is 44.5 Å². The van der Waals surface area contributed by atoms with Crippen molar-refractivity contribution >= 4 is 16.6 Å². The number of nitrogens with one attached hydrogen (secondary N) is 1. The zero-order valence-corrected chi connectivity index (χ0v) is 21.6. The summed E-state index contributed by atoms with van der Waals surface area (Å²) in [7, 11) is -4.21. The lowest BCUT2D eigenvalue weighted by atomic mass is 9.97. The van der Waals surface area contributed by atoms with Crippen molar-refractivity contribution in [2.75, 3.05) is 6.61 Å². The van der Waals surface area contributed by atoms with Crippen LogP contribution < -0.4 is 11.2 Å². The first kappa shape index (κ1) is 24.8. The van der Waals surface area contributed by atoms with Crippen molar-refractivity contribution in [3.8, 4) is 6.07 Å². The van der Waals surface area contributed by atoms with Crippen LogP contribution >= 0.6 is 0 Å². The first-order valence-electron chi connectivity index (χ1n) is 10.2. The molecule has 0 radical (unpaired) electrons. The van der Waals surface area contributed by atoms with Crippen LogP contribution in [0, 0.1) is 18.3 Å². The summed E-state index contributed by atoms with van der Waals surface area (Å²) in [6.45, 7) is 18.6. The van der Waals surface area contributed by atoms with Gasteiger partial charge in [-0.3, -0.25) is 14.3 Å². The van der Waals surface area contributed by atoms with Crippen LogP contribution in [-0.2, 0) is 13.6 Å². The Morgan fingerprint density at radius 1 is 1.30 bits per heavy atom. The van der Waals surface area contributed by atoms with E-state index in [1.807, 2.05) is 19.6 Å². The van der Waals surface area contributed by atoms with Crippen molar-refractivity contribution in [3.05, 3.63) is 32.6 Å². The minimum atomic E-state index is -2.12. The highest BCUT2D eigenvalue weighted by Crippen LogP contribution is 2.42. The number of aromatic amines is 1. The summed E-state index contributed by atoms with van der Waals surface area (Å²) in [5.41, 5.74) is -1.83. The van der Waals surface area contributed by atoms with E-state index in [1.54, 1.807) is 6.92 Å². The van der Waals surface area contributed by atoms with Gasteiger partial charge in [0.25, 0.3) is 5.56 Å². The van der Waals surface area contributed by atoms with Crippen LogP contribution in [0.2, 0.25) is 37.8 Å². The smallest absolute Gasteiger partial charge is 0.330 e. The molecule has 0 aromatic carbocycles. The van der Waals surface area contributed by atoms with Gasteiger partial charge in [0.05, 0.1) is 12.7 Å². The van der Waals surface area contributed by atoms with Crippen LogP contribution in [0.15, 0.2) is 15.8 Å². The minimum absolute atomic E-state index is 0.00686. The van der Waals surface area contributed by atoms with E-state index in [0.717, 1.165) is 0 Å². The molecular weight excluding hydrogens is 418 g/mol. The summed E-state index contributed by atoms with van der Waals surface area (Å²) in [4.78, 5) is 26.5. The lowest BCUT2D eigenvalue weighted by Gasteiger charge is -2.39. The molecule has 1 aromatic heterocycles. The number of ether oxygens (including phenoxy) is 1. The molecule has 2 heterocycles. The highest BCUT2D eigenvalue weighted by Gasteiger charge is 2.54. The van der Waals surface area contributed by atoms with Crippen LogP contribution in [0.4, 0.5) is 0 Å². The summed E-state index contributed by atoms with van der Waals surface area (Å²) in [5.74, 6) is 0. The average molecular weight is 454 g/mol. The fraction of sp³-hybridized carbons (Fsp3) is 0.750. The first-order chi connectivity index (χ1) is 13.5. The maximum Gasteiger partial charge on any atom is 0.330 e. The van der Waals surface area contributed by atoms with Crippen LogP contribution in [0.3, 0.4) is 0 Å². The Labute approximate surface area is 180 Å². The summed E-state index contributed by atoms with van der Waals surface area (Å²) < 4.78 is 20.2. The minimum Gasteiger partial charge on any atom is -0.414 e. The lowest BCUT2D eigenvalue weighted by Crippen LogP contribution is -2.51. The second-order valence-electron chi connectivity index (χ2n) is 10.5. The number of nitrogens with zero attached hydrogens (tertiary/aromatic N) is 2. The van der Waals surface area contributed by atoms with Gasteiger partial charge in [-0.15, -0.1) is 0 Å². The van der Waals surface area contributed by atoms with E-state index in [2.05, 4.69) is 44.9 Å². The molecule has 0 bridgehead atoms. The normalized spacial score (nSPS) is 25.3. The average Bonchev–Trinajstić information content (AvgIpc) is 2.92. The topological polar surface area (TPSA) is 106 Å². The predicted octanol–water partition coefficient (Wildman–Crippen LogP) is 3.27. The molecule has 168 valence electrons. The van der Waals surface area contributed by atoms with E-state index < -0.39 is 45.8 Å².